The largest absolute Gasteiger partial charge is 0.481 e. The Bertz CT molecular complexity index is 632. The van der Waals surface area contributed by atoms with Crippen LogP contribution in [-0.2, 0) is 18.3 Å². The number of benzene rings is 1. The minimum Gasteiger partial charge on any atom is -0.481 e. The number of halogens is 1. The van der Waals surface area contributed by atoms with E-state index in [-0.39, 0.29) is 17.7 Å². The van der Waals surface area contributed by atoms with Gasteiger partial charge in [0, 0.05) is 13.5 Å². The summed E-state index contributed by atoms with van der Waals surface area (Å²) in [4.78, 5) is 15.3. The van der Waals surface area contributed by atoms with Gasteiger partial charge in [-0.25, -0.2) is 9.37 Å². The highest BCUT2D eigenvalue weighted by Gasteiger charge is 2.25. The van der Waals surface area contributed by atoms with Crippen molar-refractivity contribution in [3.63, 3.8) is 0 Å². The molecule has 0 aliphatic rings. The van der Waals surface area contributed by atoms with Crippen LogP contribution in [0, 0.1) is 11.2 Å². The van der Waals surface area contributed by atoms with Crippen molar-refractivity contribution in [3.05, 3.63) is 29.8 Å². The van der Waals surface area contributed by atoms with E-state index in [1.54, 1.807) is 6.07 Å². The van der Waals surface area contributed by atoms with E-state index in [0.29, 0.717) is 6.42 Å². The summed E-state index contributed by atoms with van der Waals surface area (Å²) in [5.41, 5.74) is 1.06. The predicted molar refractivity (Wildman–Crippen MR) is 70.4 cm³/mol. The minimum absolute atomic E-state index is 0.0740. The molecule has 0 amide bonds. The standard InChI is InChI=1S/C14H17FN2O2/c1-14(2,8-13(18)19)7-12-16-10-5-4-9(15)6-11(10)17(12)3/h4-6H,7-8H2,1-3H3,(H,18,19). The van der Waals surface area contributed by atoms with Crippen LogP contribution in [0.2, 0.25) is 0 Å². The zero-order chi connectivity index (χ0) is 14.2. The Hall–Kier alpha value is -1.91. The number of aryl methyl sites for hydroxylation is 1. The fraction of sp³-hybridized carbons (Fsp3) is 0.429. The van der Waals surface area contributed by atoms with Gasteiger partial charge in [-0.3, -0.25) is 4.79 Å². The summed E-state index contributed by atoms with van der Waals surface area (Å²) in [6.07, 6.45) is 0.608. The van der Waals surface area contributed by atoms with Gasteiger partial charge >= 0.3 is 5.97 Å². The first kappa shape index (κ1) is 13.5. The van der Waals surface area contributed by atoms with Crippen molar-refractivity contribution in [2.24, 2.45) is 12.5 Å². The van der Waals surface area contributed by atoms with Gasteiger partial charge in [0.1, 0.15) is 11.6 Å². The summed E-state index contributed by atoms with van der Waals surface area (Å²) in [6.45, 7) is 3.78. The highest BCUT2D eigenvalue weighted by molar-refractivity contribution is 5.76. The van der Waals surface area contributed by atoms with Crippen LogP contribution in [0.3, 0.4) is 0 Å². The predicted octanol–water partition coefficient (Wildman–Crippen LogP) is 2.76. The number of aliphatic carboxylic acids is 1. The van der Waals surface area contributed by atoms with Gasteiger partial charge in [0.2, 0.25) is 0 Å². The molecule has 0 unspecified atom stereocenters. The first-order valence-corrected chi connectivity index (χ1v) is 6.11. The lowest BCUT2D eigenvalue weighted by Gasteiger charge is -2.21. The molecule has 5 heteroatoms. The number of carbonyl (C=O) groups is 1. The Labute approximate surface area is 110 Å². The molecule has 1 heterocycles. The summed E-state index contributed by atoms with van der Waals surface area (Å²) in [5.74, 6) is -0.353. The van der Waals surface area contributed by atoms with Gasteiger partial charge in [-0.1, -0.05) is 13.8 Å². The van der Waals surface area contributed by atoms with Crippen molar-refractivity contribution in [1.29, 1.82) is 0 Å². The zero-order valence-corrected chi connectivity index (χ0v) is 11.3. The molecule has 0 saturated carbocycles. The molecule has 1 N–H and O–H groups in total. The second-order valence-corrected chi connectivity index (χ2v) is 5.63. The third-order valence-electron chi connectivity index (χ3n) is 3.20. The van der Waals surface area contributed by atoms with Crippen molar-refractivity contribution in [1.82, 2.24) is 9.55 Å². The van der Waals surface area contributed by atoms with Gasteiger partial charge < -0.3 is 9.67 Å². The average Bonchev–Trinajstić information content (AvgIpc) is 2.54. The Morgan fingerprint density at radius 3 is 2.79 bits per heavy atom. The molecule has 2 aromatic rings. The summed E-state index contributed by atoms with van der Waals surface area (Å²) in [5, 5.41) is 8.90. The van der Waals surface area contributed by atoms with Crippen molar-refractivity contribution >= 4 is 17.0 Å². The summed E-state index contributed by atoms with van der Waals surface area (Å²) in [7, 11) is 1.82. The maximum atomic E-state index is 13.2. The van der Waals surface area contributed by atoms with Crippen molar-refractivity contribution in [3.8, 4) is 0 Å². The number of fused-ring (bicyclic) bond motifs is 1. The molecule has 0 saturated heterocycles. The normalized spacial score (nSPS) is 12.0. The SMILES string of the molecule is Cn1c(CC(C)(C)CC(=O)O)nc2ccc(F)cc21. The first-order chi connectivity index (χ1) is 8.78. The topological polar surface area (TPSA) is 55.1 Å². The molecule has 0 fully saturated rings. The summed E-state index contributed by atoms with van der Waals surface area (Å²) < 4.78 is 15.0. The van der Waals surface area contributed by atoms with Gasteiger partial charge in [0.25, 0.3) is 0 Å². The van der Waals surface area contributed by atoms with Crippen molar-refractivity contribution in [2.45, 2.75) is 26.7 Å². The molecule has 1 aromatic carbocycles. The highest BCUT2D eigenvalue weighted by atomic mass is 19.1. The minimum atomic E-state index is -0.824. The molecule has 0 radical (unpaired) electrons. The van der Waals surface area contributed by atoms with Crippen molar-refractivity contribution < 1.29 is 14.3 Å². The maximum Gasteiger partial charge on any atom is 0.303 e. The molecular formula is C14H17FN2O2. The smallest absolute Gasteiger partial charge is 0.303 e. The molecule has 0 spiro atoms. The van der Waals surface area contributed by atoms with E-state index in [1.807, 2.05) is 25.5 Å². The van der Waals surface area contributed by atoms with Crippen LogP contribution in [0.25, 0.3) is 11.0 Å². The number of carboxylic acids is 1. The van der Waals surface area contributed by atoms with Crippen LogP contribution >= 0.6 is 0 Å². The van der Waals surface area contributed by atoms with Gasteiger partial charge in [0.15, 0.2) is 0 Å². The number of imidazole rings is 1. The van der Waals surface area contributed by atoms with Crippen LogP contribution in [0.15, 0.2) is 18.2 Å². The molecular weight excluding hydrogens is 247 g/mol. The Morgan fingerprint density at radius 2 is 2.16 bits per heavy atom. The fourth-order valence-corrected chi connectivity index (χ4v) is 2.27. The lowest BCUT2D eigenvalue weighted by Crippen LogP contribution is -2.21. The van der Waals surface area contributed by atoms with E-state index in [2.05, 4.69) is 4.98 Å². The molecule has 0 aliphatic heterocycles. The highest BCUT2D eigenvalue weighted by Crippen LogP contribution is 2.27. The van der Waals surface area contributed by atoms with Crippen LogP contribution in [0.1, 0.15) is 26.1 Å². The number of hydrogen-bond donors (Lipinski definition) is 1. The van der Waals surface area contributed by atoms with Crippen LogP contribution < -0.4 is 0 Å². The second kappa shape index (κ2) is 4.64. The van der Waals surface area contributed by atoms with Crippen LogP contribution in [0.4, 0.5) is 4.39 Å². The van der Waals surface area contributed by atoms with E-state index in [9.17, 15) is 9.18 Å². The molecule has 0 aliphatic carbocycles. The lowest BCUT2D eigenvalue weighted by atomic mass is 9.85. The lowest BCUT2D eigenvalue weighted by molar-refractivity contribution is -0.139. The van der Waals surface area contributed by atoms with Crippen molar-refractivity contribution in [2.75, 3.05) is 0 Å². The number of carboxylic acid groups (broad SMARTS) is 1. The van der Waals surface area contributed by atoms with E-state index in [4.69, 9.17) is 5.11 Å². The Kier molecular flexibility index (Phi) is 3.30. The molecule has 0 atom stereocenters. The Balaban J connectivity index is 2.36. The van der Waals surface area contributed by atoms with Gasteiger partial charge in [-0.2, -0.15) is 0 Å². The number of aromatic nitrogens is 2. The van der Waals surface area contributed by atoms with Gasteiger partial charge in [-0.15, -0.1) is 0 Å². The quantitative estimate of drug-likeness (QED) is 0.923. The van der Waals surface area contributed by atoms with Crippen LogP contribution in [-0.4, -0.2) is 20.6 Å². The number of hydrogen-bond acceptors (Lipinski definition) is 2. The molecule has 1 aromatic heterocycles. The monoisotopic (exact) mass is 264 g/mol. The molecule has 19 heavy (non-hydrogen) atoms. The van der Waals surface area contributed by atoms with E-state index >= 15 is 0 Å². The number of rotatable bonds is 4. The van der Waals surface area contributed by atoms with Crippen LogP contribution in [0.5, 0.6) is 0 Å². The zero-order valence-electron chi connectivity index (χ0n) is 11.3. The third-order valence-corrected chi connectivity index (χ3v) is 3.20. The first-order valence-electron chi connectivity index (χ1n) is 6.11. The average molecular weight is 264 g/mol. The van der Waals surface area contributed by atoms with E-state index < -0.39 is 5.97 Å². The van der Waals surface area contributed by atoms with E-state index in [1.165, 1.54) is 12.1 Å². The van der Waals surface area contributed by atoms with Gasteiger partial charge in [0.05, 0.1) is 17.5 Å². The molecule has 4 nitrogen and oxygen atoms in total. The second-order valence-electron chi connectivity index (χ2n) is 5.63. The molecule has 2 rings (SSSR count). The molecule has 102 valence electrons. The maximum absolute atomic E-state index is 13.2. The van der Waals surface area contributed by atoms with Gasteiger partial charge in [-0.05, 0) is 23.6 Å². The fourth-order valence-electron chi connectivity index (χ4n) is 2.27. The van der Waals surface area contributed by atoms with E-state index in [0.717, 1.165) is 16.9 Å². The Morgan fingerprint density at radius 1 is 1.47 bits per heavy atom. The summed E-state index contributed by atoms with van der Waals surface area (Å²) >= 11 is 0. The molecule has 0 bridgehead atoms. The third kappa shape index (κ3) is 2.92. The summed E-state index contributed by atoms with van der Waals surface area (Å²) in [6, 6.07) is 4.45. The number of nitrogens with zero attached hydrogens (tertiary/aromatic N) is 2.